The highest BCUT2D eigenvalue weighted by atomic mass is 28.4. The minimum Gasteiger partial charge on any atom is -0.512 e. The van der Waals surface area contributed by atoms with Crippen molar-refractivity contribution in [2.45, 2.75) is 83.1 Å². The summed E-state index contributed by atoms with van der Waals surface area (Å²) in [5.74, 6) is 0.116. The third-order valence-electron chi connectivity index (χ3n) is 10.4. The van der Waals surface area contributed by atoms with Crippen LogP contribution < -0.4 is 26.3 Å². The van der Waals surface area contributed by atoms with E-state index in [9.17, 15) is 15.0 Å². The molecule has 0 amide bonds. The van der Waals surface area contributed by atoms with Gasteiger partial charge < -0.3 is 28.4 Å². The van der Waals surface area contributed by atoms with Gasteiger partial charge in [0.25, 0.3) is 22.2 Å². The Bertz CT molecular complexity index is 2000. The molecule has 8 nitrogen and oxygen atoms in total. The van der Waals surface area contributed by atoms with E-state index in [0.717, 1.165) is 20.7 Å². The van der Waals surface area contributed by atoms with Gasteiger partial charge in [-0.15, -0.1) is 0 Å². The monoisotopic (exact) mass is 760 g/mol. The van der Waals surface area contributed by atoms with Gasteiger partial charge in [-0.1, -0.05) is 163 Å². The topological polar surface area (TPSA) is 103 Å². The summed E-state index contributed by atoms with van der Waals surface area (Å²) >= 11 is 0. The molecular formula is C44H52N2O6Si2. The van der Waals surface area contributed by atoms with E-state index in [0.29, 0.717) is 0 Å². The molecule has 1 aliphatic heterocycles. The number of ether oxygens (including phenoxy) is 1. The molecule has 0 unspecified atom stereocenters. The number of aromatic nitrogens is 2. The maximum absolute atomic E-state index is 12.6. The Morgan fingerprint density at radius 3 is 1.57 bits per heavy atom. The molecule has 54 heavy (non-hydrogen) atoms. The van der Waals surface area contributed by atoms with Gasteiger partial charge >= 0.3 is 0 Å². The number of benzene rings is 4. The number of rotatable bonds is 11. The molecule has 10 heteroatoms. The number of hydrogen-bond donors (Lipinski definition) is 2. The maximum atomic E-state index is 12.6. The summed E-state index contributed by atoms with van der Waals surface area (Å²) in [6.07, 6.45) is -0.912. The van der Waals surface area contributed by atoms with Gasteiger partial charge in [-0.3, -0.25) is 4.79 Å². The Morgan fingerprint density at radius 1 is 0.741 bits per heavy atom. The lowest BCUT2D eigenvalue weighted by molar-refractivity contribution is -0.0511. The van der Waals surface area contributed by atoms with E-state index in [2.05, 4.69) is 119 Å². The summed E-state index contributed by atoms with van der Waals surface area (Å²) in [4.78, 5) is 16.6. The molecule has 6 rings (SSSR count). The minimum absolute atomic E-state index is 0.0407. The molecule has 0 aliphatic carbocycles. The molecule has 2 heterocycles. The molecule has 5 aromatic rings. The first-order valence-electron chi connectivity index (χ1n) is 18.5. The van der Waals surface area contributed by atoms with Gasteiger partial charge in [0.05, 0.1) is 12.4 Å². The fourth-order valence-corrected chi connectivity index (χ4v) is 17.3. The second-order valence-corrected chi connectivity index (χ2v) is 24.7. The van der Waals surface area contributed by atoms with Crippen LogP contribution in [-0.2, 0) is 13.6 Å². The van der Waals surface area contributed by atoms with E-state index in [1.165, 1.54) is 19.1 Å². The second kappa shape index (κ2) is 15.7. The van der Waals surface area contributed by atoms with Crippen LogP contribution in [0.1, 0.15) is 60.5 Å². The number of allylic oxidation sites excluding steroid dienone is 1. The van der Waals surface area contributed by atoms with Crippen LogP contribution in [0.5, 0.6) is 0 Å². The van der Waals surface area contributed by atoms with E-state index in [4.69, 9.17) is 13.6 Å². The fourth-order valence-electron chi connectivity index (χ4n) is 8.03. The Hall–Kier alpha value is -4.43. The average molecular weight is 761 g/mol. The van der Waals surface area contributed by atoms with E-state index >= 15 is 0 Å². The van der Waals surface area contributed by atoms with Crippen molar-refractivity contribution in [3.8, 4) is 0 Å². The normalized spacial score (nSPS) is 19.9. The van der Waals surface area contributed by atoms with Crippen molar-refractivity contribution in [2.75, 3.05) is 6.61 Å². The van der Waals surface area contributed by atoms with Crippen LogP contribution in [0.25, 0.3) is 6.08 Å². The standard InChI is InChI=1S/C44H52N2O6Si2/c1-32(47)30-38-45-39(48)28-29-46(38)42-40(49)41(52-54(44(5,6)7,35-24-16-10-17-25-35)36-26-18-11-19-27-36)37(51-42)31-50-53(43(2,3)4,33-20-12-8-13-21-33)34-22-14-9-15-23-34/h8-30,37,40-42,47,49H,31H2,1-7H3/b32-30-/t37-,40+,41-,42-/m1/s1. The molecule has 4 atom stereocenters. The highest BCUT2D eigenvalue weighted by Crippen LogP contribution is 2.43. The number of aliphatic hydroxyl groups is 2. The number of hydrogen-bond acceptors (Lipinski definition) is 7. The molecular weight excluding hydrogens is 709 g/mol. The zero-order valence-electron chi connectivity index (χ0n) is 32.2. The lowest BCUT2D eigenvalue weighted by Crippen LogP contribution is -2.69. The van der Waals surface area contributed by atoms with Gasteiger partial charge in [-0.05, 0) is 37.7 Å². The molecule has 1 fully saturated rings. The predicted octanol–water partition coefficient (Wildman–Crippen LogP) is 5.94. The Balaban J connectivity index is 1.53. The van der Waals surface area contributed by atoms with Crippen LogP contribution in [0.3, 0.4) is 0 Å². The van der Waals surface area contributed by atoms with E-state index in [-0.39, 0.29) is 23.2 Å². The predicted molar refractivity (Wildman–Crippen MR) is 221 cm³/mol. The van der Waals surface area contributed by atoms with Crippen LogP contribution in [0, 0.1) is 0 Å². The van der Waals surface area contributed by atoms with Crippen molar-refractivity contribution in [1.82, 2.24) is 9.55 Å². The van der Waals surface area contributed by atoms with Crippen molar-refractivity contribution < 1.29 is 23.8 Å². The first-order valence-corrected chi connectivity index (χ1v) is 22.3. The third kappa shape index (κ3) is 7.46. The SMILES string of the molecule is C/C(O)=C/c1nc(=O)ccn1[C@@H]1O[C@H](CO[Si](c2ccccc2)(c2ccccc2)C(C)(C)C)[C@@H](O[Si](c2ccccc2)(c2ccccc2)C(C)(C)C)[C@@H]1O. The van der Waals surface area contributed by atoms with Gasteiger partial charge in [-0.2, -0.15) is 4.98 Å². The van der Waals surface area contributed by atoms with E-state index in [1.54, 1.807) is 10.8 Å². The minimum atomic E-state index is -3.23. The molecule has 1 aromatic heterocycles. The molecule has 2 N–H and O–H groups in total. The first-order chi connectivity index (χ1) is 25.7. The van der Waals surface area contributed by atoms with Gasteiger partial charge in [-0.25, -0.2) is 0 Å². The zero-order valence-corrected chi connectivity index (χ0v) is 34.2. The summed E-state index contributed by atoms with van der Waals surface area (Å²) in [6.45, 7) is 14.9. The smallest absolute Gasteiger partial charge is 0.273 e. The molecule has 4 aromatic carbocycles. The summed E-state index contributed by atoms with van der Waals surface area (Å²) in [7, 11) is -6.27. The fraction of sp³-hybridized carbons (Fsp3) is 0.318. The lowest BCUT2D eigenvalue weighted by atomic mass is 10.1. The average Bonchev–Trinajstić information content (AvgIpc) is 3.44. The molecule has 0 bridgehead atoms. The summed E-state index contributed by atoms with van der Waals surface area (Å²) in [6, 6.07) is 42.8. The molecule has 1 aliphatic rings. The number of aliphatic hydroxyl groups excluding tert-OH is 2. The largest absolute Gasteiger partial charge is 0.512 e. The zero-order chi connectivity index (χ0) is 38.7. The first kappa shape index (κ1) is 39.3. The van der Waals surface area contributed by atoms with Gasteiger partial charge in [0.1, 0.15) is 24.1 Å². The van der Waals surface area contributed by atoms with E-state index in [1.807, 2.05) is 48.5 Å². The van der Waals surface area contributed by atoms with Crippen molar-refractivity contribution in [1.29, 1.82) is 0 Å². The Kier molecular flexibility index (Phi) is 11.4. The van der Waals surface area contributed by atoms with E-state index < -0.39 is 51.8 Å². The van der Waals surface area contributed by atoms with Crippen LogP contribution in [0.4, 0.5) is 0 Å². The number of nitrogens with zero attached hydrogens (tertiary/aromatic N) is 2. The van der Waals surface area contributed by atoms with Crippen LogP contribution in [0.2, 0.25) is 10.1 Å². The molecule has 0 saturated carbocycles. The van der Waals surface area contributed by atoms with Crippen LogP contribution in [0.15, 0.2) is 144 Å². The molecule has 282 valence electrons. The maximum Gasteiger partial charge on any atom is 0.273 e. The van der Waals surface area contributed by atoms with Crippen LogP contribution >= 0.6 is 0 Å². The highest BCUT2D eigenvalue weighted by molar-refractivity contribution is 7.00. The van der Waals surface area contributed by atoms with Crippen molar-refractivity contribution in [3.63, 3.8) is 0 Å². The second-order valence-electron chi connectivity index (χ2n) is 16.1. The van der Waals surface area contributed by atoms with Gasteiger partial charge in [0.2, 0.25) is 0 Å². The molecule has 0 spiro atoms. The van der Waals surface area contributed by atoms with Crippen molar-refractivity contribution in [3.05, 3.63) is 156 Å². The Morgan fingerprint density at radius 2 is 1.17 bits per heavy atom. The van der Waals surface area contributed by atoms with Gasteiger partial charge in [0.15, 0.2) is 6.23 Å². The Labute approximate surface area is 321 Å². The molecule has 0 radical (unpaired) electrons. The molecule has 1 saturated heterocycles. The summed E-state index contributed by atoms with van der Waals surface area (Å²) in [5.41, 5.74) is -0.474. The quantitative estimate of drug-likeness (QED) is 0.127. The van der Waals surface area contributed by atoms with Crippen molar-refractivity contribution in [2.24, 2.45) is 0 Å². The summed E-state index contributed by atoms with van der Waals surface area (Å²) in [5, 5.41) is 26.5. The van der Waals surface area contributed by atoms with Crippen LogP contribution in [-0.4, -0.2) is 61.3 Å². The van der Waals surface area contributed by atoms with Gasteiger partial charge in [0, 0.05) is 18.3 Å². The summed E-state index contributed by atoms with van der Waals surface area (Å²) < 4.78 is 23.6. The van der Waals surface area contributed by atoms with Crippen molar-refractivity contribution >= 4 is 43.5 Å². The third-order valence-corrected chi connectivity index (χ3v) is 20.4. The lowest BCUT2D eigenvalue weighted by Gasteiger charge is -2.46. The highest BCUT2D eigenvalue weighted by Gasteiger charge is 2.58.